The lowest BCUT2D eigenvalue weighted by Gasteiger charge is -2.21. The number of benzene rings is 2. The predicted molar refractivity (Wildman–Crippen MR) is 74.8 cm³/mol. The molecule has 0 heterocycles. The molecule has 0 aliphatic rings. The zero-order chi connectivity index (χ0) is 12.8. The Labute approximate surface area is 109 Å². The maximum absolute atomic E-state index is 5.86. The molecule has 0 N–H and O–H groups in total. The monoisotopic (exact) mass is 239 g/mol. The zero-order valence-corrected chi connectivity index (χ0v) is 11.0. The van der Waals surface area contributed by atoms with Crippen LogP contribution in [0.25, 0.3) is 0 Å². The normalized spacial score (nSPS) is 12.4. The number of ether oxygens (including phenoxy) is 1. The molecule has 0 aliphatic carbocycles. The molecule has 0 saturated heterocycles. The maximum Gasteiger partial charge on any atom is 0.119 e. The summed E-state index contributed by atoms with van der Waals surface area (Å²) in [6.45, 7) is 5.19. The fraction of sp³-hybridized carbons (Fsp3) is 0.294. The van der Waals surface area contributed by atoms with Crippen LogP contribution in [0.15, 0.2) is 54.6 Å². The van der Waals surface area contributed by atoms with Gasteiger partial charge in [0.25, 0.3) is 0 Å². The van der Waals surface area contributed by atoms with Gasteiger partial charge in [-0.3, -0.25) is 0 Å². The second kappa shape index (κ2) is 6.25. The van der Waals surface area contributed by atoms with Crippen LogP contribution in [0.2, 0.25) is 0 Å². The Bertz CT molecular complexity index is 448. The van der Waals surface area contributed by atoms with Gasteiger partial charge >= 0.3 is 0 Å². The van der Waals surface area contributed by atoms with Crippen molar-refractivity contribution in [2.75, 3.05) is 6.61 Å². The molecule has 0 aromatic heterocycles. The van der Waals surface area contributed by atoms with Crippen molar-refractivity contribution in [1.29, 1.82) is 0 Å². The Hall–Kier alpha value is -1.76. The SMILES string of the molecule is CC(C)C(COc1cc[c]cc1)c1ccccc1. The zero-order valence-electron chi connectivity index (χ0n) is 11.0. The van der Waals surface area contributed by atoms with Crippen LogP contribution in [0.5, 0.6) is 5.75 Å². The molecule has 2 rings (SSSR count). The molecule has 0 aliphatic heterocycles. The fourth-order valence-electron chi connectivity index (χ4n) is 2.03. The standard InChI is InChI=1S/C17H19O/c1-14(2)17(15-9-5-3-6-10-15)13-18-16-11-7-4-8-12-16/h3,5-12,14,17H,13H2,1-2H3. The molecule has 2 aromatic carbocycles. The highest BCUT2D eigenvalue weighted by molar-refractivity contribution is 5.23. The smallest absolute Gasteiger partial charge is 0.119 e. The van der Waals surface area contributed by atoms with Gasteiger partial charge in [0.1, 0.15) is 5.75 Å². The van der Waals surface area contributed by atoms with Crippen molar-refractivity contribution in [1.82, 2.24) is 0 Å². The Balaban J connectivity index is 2.04. The van der Waals surface area contributed by atoms with E-state index < -0.39 is 0 Å². The van der Waals surface area contributed by atoms with Crippen LogP contribution in [0.4, 0.5) is 0 Å². The quantitative estimate of drug-likeness (QED) is 0.755. The topological polar surface area (TPSA) is 9.23 Å². The van der Waals surface area contributed by atoms with Crippen molar-refractivity contribution < 1.29 is 4.74 Å². The maximum atomic E-state index is 5.86. The molecule has 1 radical (unpaired) electrons. The Morgan fingerprint density at radius 3 is 2.28 bits per heavy atom. The fourth-order valence-corrected chi connectivity index (χ4v) is 2.03. The molecule has 0 amide bonds. The van der Waals surface area contributed by atoms with Crippen LogP contribution in [0.3, 0.4) is 0 Å². The molecule has 0 bridgehead atoms. The van der Waals surface area contributed by atoms with Crippen molar-refractivity contribution in [3.63, 3.8) is 0 Å². The van der Waals surface area contributed by atoms with Crippen molar-refractivity contribution >= 4 is 0 Å². The molecule has 93 valence electrons. The van der Waals surface area contributed by atoms with E-state index in [1.807, 2.05) is 24.3 Å². The largest absolute Gasteiger partial charge is 0.493 e. The number of hydrogen-bond donors (Lipinski definition) is 0. The van der Waals surface area contributed by atoms with Gasteiger partial charge in [0, 0.05) is 5.92 Å². The van der Waals surface area contributed by atoms with E-state index in [4.69, 9.17) is 4.74 Å². The summed E-state index contributed by atoms with van der Waals surface area (Å²) in [5, 5.41) is 0. The van der Waals surface area contributed by atoms with Crippen LogP contribution in [0, 0.1) is 12.0 Å². The molecule has 1 unspecified atom stereocenters. The van der Waals surface area contributed by atoms with Gasteiger partial charge in [0.2, 0.25) is 0 Å². The summed E-state index contributed by atoms with van der Waals surface area (Å²) in [5.74, 6) is 1.90. The van der Waals surface area contributed by atoms with E-state index in [0.717, 1.165) is 5.75 Å². The van der Waals surface area contributed by atoms with Gasteiger partial charge in [-0.25, -0.2) is 0 Å². The van der Waals surface area contributed by atoms with Crippen LogP contribution in [-0.4, -0.2) is 6.61 Å². The highest BCUT2D eigenvalue weighted by Gasteiger charge is 2.16. The van der Waals surface area contributed by atoms with E-state index in [2.05, 4.69) is 50.2 Å². The lowest BCUT2D eigenvalue weighted by atomic mass is 9.89. The van der Waals surface area contributed by atoms with E-state index in [1.54, 1.807) is 0 Å². The molecule has 1 heteroatoms. The molecular formula is C17H19O. The number of hydrogen-bond acceptors (Lipinski definition) is 1. The van der Waals surface area contributed by atoms with Crippen LogP contribution in [-0.2, 0) is 0 Å². The molecule has 18 heavy (non-hydrogen) atoms. The summed E-state index contributed by atoms with van der Waals surface area (Å²) in [4.78, 5) is 0. The summed E-state index contributed by atoms with van der Waals surface area (Å²) < 4.78 is 5.86. The van der Waals surface area contributed by atoms with Gasteiger partial charge in [-0.2, -0.15) is 0 Å². The van der Waals surface area contributed by atoms with E-state index in [1.165, 1.54) is 5.56 Å². The van der Waals surface area contributed by atoms with Crippen molar-refractivity contribution in [2.24, 2.45) is 5.92 Å². The second-order valence-corrected chi connectivity index (χ2v) is 4.81. The third-order valence-corrected chi connectivity index (χ3v) is 3.15. The minimum atomic E-state index is 0.426. The molecule has 0 saturated carbocycles. The highest BCUT2D eigenvalue weighted by Crippen LogP contribution is 2.25. The Morgan fingerprint density at radius 2 is 1.67 bits per heavy atom. The van der Waals surface area contributed by atoms with Gasteiger partial charge in [-0.1, -0.05) is 56.3 Å². The first-order valence-electron chi connectivity index (χ1n) is 6.41. The molecular weight excluding hydrogens is 220 g/mol. The first-order valence-corrected chi connectivity index (χ1v) is 6.41. The van der Waals surface area contributed by atoms with Crippen LogP contribution < -0.4 is 4.74 Å². The highest BCUT2D eigenvalue weighted by atomic mass is 16.5. The molecule has 1 nitrogen and oxygen atoms in total. The first kappa shape index (κ1) is 12.7. The van der Waals surface area contributed by atoms with Gasteiger partial charge in [0.05, 0.1) is 6.61 Å². The van der Waals surface area contributed by atoms with Crippen LogP contribution >= 0.6 is 0 Å². The third-order valence-electron chi connectivity index (χ3n) is 3.15. The van der Waals surface area contributed by atoms with Gasteiger partial charge in [-0.05, 0) is 29.7 Å². The lowest BCUT2D eigenvalue weighted by Crippen LogP contribution is -2.15. The number of rotatable bonds is 5. The second-order valence-electron chi connectivity index (χ2n) is 4.81. The van der Waals surface area contributed by atoms with E-state index in [9.17, 15) is 0 Å². The van der Waals surface area contributed by atoms with Gasteiger partial charge in [-0.15, -0.1) is 0 Å². The minimum Gasteiger partial charge on any atom is -0.493 e. The van der Waals surface area contributed by atoms with Crippen molar-refractivity contribution in [3.8, 4) is 5.75 Å². The van der Waals surface area contributed by atoms with Crippen LogP contribution in [0.1, 0.15) is 25.3 Å². The van der Waals surface area contributed by atoms with Crippen molar-refractivity contribution in [2.45, 2.75) is 19.8 Å². The molecule has 1 atom stereocenters. The van der Waals surface area contributed by atoms with Gasteiger partial charge < -0.3 is 4.74 Å². The molecule has 0 spiro atoms. The molecule has 2 aromatic rings. The van der Waals surface area contributed by atoms with Gasteiger partial charge in [0.15, 0.2) is 0 Å². The third kappa shape index (κ3) is 3.36. The minimum absolute atomic E-state index is 0.426. The van der Waals surface area contributed by atoms with E-state index >= 15 is 0 Å². The van der Waals surface area contributed by atoms with Crippen molar-refractivity contribution in [3.05, 3.63) is 66.2 Å². The lowest BCUT2D eigenvalue weighted by molar-refractivity contribution is 0.258. The predicted octanol–water partition coefficient (Wildman–Crippen LogP) is 4.31. The summed E-state index contributed by atoms with van der Waals surface area (Å²) in [6, 6.07) is 21.2. The molecule has 0 fully saturated rings. The summed E-state index contributed by atoms with van der Waals surface area (Å²) in [6.07, 6.45) is 0. The summed E-state index contributed by atoms with van der Waals surface area (Å²) in [5.41, 5.74) is 1.34. The first-order chi connectivity index (χ1) is 8.77. The Kier molecular flexibility index (Phi) is 4.40. The van der Waals surface area contributed by atoms with E-state index in [0.29, 0.717) is 18.4 Å². The Morgan fingerprint density at radius 1 is 1.00 bits per heavy atom. The van der Waals surface area contributed by atoms with E-state index in [-0.39, 0.29) is 0 Å². The average molecular weight is 239 g/mol. The summed E-state index contributed by atoms with van der Waals surface area (Å²) >= 11 is 0. The average Bonchev–Trinajstić information content (AvgIpc) is 2.41. The summed E-state index contributed by atoms with van der Waals surface area (Å²) in [7, 11) is 0.